The quantitative estimate of drug-likeness (QED) is 0.762. The van der Waals surface area contributed by atoms with Gasteiger partial charge in [-0.1, -0.05) is 12.1 Å². The maximum absolute atomic E-state index is 11.5. The minimum atomic E-state index is -1.06. The highest BCUT2D eigenvalue weighted by molar-refractivity contribution is 5.85. The number of nitrogens with two attached hydrogens (primary N) is 2. The Morgan fingerprint density at radius 2 is 2.21 bits per heavy atom. The van der Waals surface area contributed by atoms with Gasteiger partial charge in [0.25, 0.3) is 0 Å². The molecule has 0 saturated heterocycles. The number of rotatable bonds is 7. The van der Waals surface area contributed by atoms with Gasteiger partial charge in [-0.05, 0) is 36.5 Å². The Hall–Kier alpha value is -1.59. The van der Waals surface area contributed by atoms with E-state index < -0.39 is 11.4 Å². The molecule has 1 aromatic carbocycles. The van der Waals surface area contributed by atoms with Gasteiger partial charge in [-0.15, -0.1) is 0 Å². The number of hydrogen-bond acceptors (Lipinski definition) is 4. The molecule has 0 aliphatic heterocycles. The molecule has 5 nitrogen and oxygen atoms in total. The summed E-state index contributed by atoms with van der Waals surface area (Å²) >= 11 is 0. The zero-order valence-corrected chi connectivity index (χ0v) is 11.1. The van der Waals surface area contributed by atoms with Gasteiger partial charge in [0.15, 0.2) is 0 Å². The minimum absolute atomic E-state index is 0.115. The van der Waals surface area contributed by atoms with E-state index in [2.05, 4.69) is 0 Å². The Labute approximate surface area is 112 Å². The van der Waals surface area contributed by atoms with Crippen molar-refractivity contribution >= 4 is 5.91 Å². The van der Waals surface area contributed by atoms with Crippen LogP contribution in [0.15, 0.2) is 24.3 Å². The van der Waals surface area contributed by atoms with Crippen LogP contribution in [-0.4, -0.2) is 25.2 Å². The summed E-state index contributed by atoms with van der Waals surface area (Å²) in [5.41, 5.74) is 11.4. The minimum Gasteiger partial charge on any atom is -0.491 e. The van der Waals surface area contributed by atoms with Gasteiger partial charge in [-0.3, -0.25) is 4.79 Å². The van der Waals surface area contributed by atoms with Crippen LogP contribution in [0.25, 0.3) is 0 Å². The van der Waals surface area contributed by atoms with E-state index in [1.54, 1.807) is 7.11 Å². The zero-order chi connectivity index (χ0) is 13.9. The molecule has 5 heteroatoms. The summed E-state index contributed by atoms with van der Waals surface area (Å²) in [5, 5.41) is 0. The predicted octanol–water partition coefficient (Wildman–Crippen LogP) is 0.805. The molecular weight excluding hydrogens is 244 g/mol. The Morgan fingerprint density at radius 1 is 1.47 bits per heavy atom. The van der Waals surface area contributed by atoms with Crippen molar-refractivity contribution in [3.63, 3.8) is 0 Å². The second-order valence-electron chi connectivity index (χ2n) is 5.05. The molecule has 1 aromatic rings. The topological polar surface area (TPSA) is 87.6 Å². The highest BCUT2D eigenvalue weighted by Gasteiger charge is 2.47. The monoisotopic (exact) mass is 264 g/mol. The van der Waals surface area contributed by atoms with Crippen molar-refractivity contribution in [3.8, 4) is 5.75 Å². The first kappa shape index (κ1) is 13.8. The molecule has 1 atom stereocenters. The van der Waals surface area contributed by atoms with Gasteiger partial charge >= 0.3 is 0 Å². The first-order chi connectivity index (χ1) is 9.06. The van der Waals surface area contributed by atoms with Crippen LogP contribution in [-0.2, 0) is 16.1 Å². The number of benzene rings is 1. The van der Waals surface area contributed by atoms with Crippen molar-refractivity contribution in [3.05, 3.63) is 29.8 Å². The second-order valence-corrected chi connectivity index (χ2v) is 5.05. The smallest absolute Gasteiger partial charge is 0.241 e. The standard InChI is InChI=1S/C14H20N2O3/c1-18-8-10-3-2-4-12(7-10)19-9-14(16,13(15)17)11-5-6-11/h2-4,7,11H,5-6,8-9,16H2,1H3,(H2,15,17). The molecule has 1 unspecified atom stereocenters. The third-order valence-corrected chi connectivity index (χ3v) is 3.45. The summed E-state index contributed by atoms with van der Waals surface area (Å²) in [5.74, 6) is 0.321. The van der Waals surface area contributed by atoms with Gasteiger partial charge in [0, 0.05) is 7.11 Å². The molecule has 4 N–H and O–H groups in total. The lowest BCUT2D eigenvalue weighted by Gasteiger charge is -2.25. The van der Waals surface area contributed by atoms with E-state index in [1.165, 1.54) is 0 Å². The summed E-state index contributed by atoms with van der Waals surface area (Å²) in [6.07, 6.45) is 1.87. The number of hydrogen-bond donors (Lipinski definition) is 2. The lowest BCUT2D eigenvalue weighted by atomic mass is 9.95. The van der Waals surface area contributed by atoms with Crippen molar-refractivity contribution in [2.75, 3.05) is 13.7 Å². The Morgan fingerprint density at radius 3 is 2.79 bits per heavy atom. The zero-order valence-electron chi connectivity index (χ0n) is 11.1. The summed E-state index contributed by atoms with van der Waals surface area (Å²) in [7, 11) is 1.64. The van der Waals surface area contributed by atoms with E-state index in [0.717, 1.165) is 18.4 Å². The van der Waals surface area contributed by atoms with Gasteiger partial charge in [0.05, 0.1) is 6.61 Å². The second kappa shape index (κ2) is 5.59. The molecule has 1 amide bonds. The average molecular weight is 264 g/mol. The maximum atomic E-state index is 11.5. The lowest BCUT2D eigenvalue weighted by molar-refractivity contribution is -0.125. The Bertz CT molecular complexity index is 460. The fraction of sp³-hybridized carbons (Fsp3) is 0.500. The summed E-state index contributed by atoms with van der Waals surface area (Å²) < 4.78 is 10.7. The van der Waals surface area contributed by atoms with Gasteiger partial charge in [0.2, 0.25) is 5.91 Å². The van der Waals surface area contributed by atoms with E-state index in [0.29, 0.717) is 12.4 Å². The summed E-state index contributed by atoms with van der Waals surface area (Å²) in [6, 6.07) is 7.52. The molecule has 1 aliphatic rings. The lowest BCUT2D eigenvalue weighted by Crippen LogP contribution is -2.58. The molecule has 0 spiro atoms. The van der Waals surface area contributed by atoms with Crippen molar-refractivity contribution < 1.29 is 14.3 Å². The van der Waals surface area contributed by atoms with E-state index >= 15 is 0 Å². The molecule has 2 rings (SSSR count). The SMILES string of the molecule is COCc1cccc(OCC(N)(C(N)=O)C2CC2)c1. The summed E-state index contributed by atoms with van der Waals surface area (Å²) in [6.45, 7) is 0.632. The highest BCUT2D eigenvalue weighted by atomic mass is 16.5. The van der Waals surface area contributed by atoms with Crippen LogP contribution in [0.4, 0.5) is 0 Å². The number of primary amides is 1. The molecule has 1 saturated carbocycles. The fourth-order valence-electron chi connectivity index (χ4n) is 2.08. The highest BCUT2D eigenvalue weighted by Crippen LogP contribution is 2.38. The molecule has 1 aliphatic carbocycles. The van der Waals surface area contributed by atoms with Crippen LogP contribution in [0, 0.1) is 5.92 Å². The van der Waals surface area contributed by atoms with Crippen LogP contribution in [0.1, 0.15) is 18.4 Å². The van der Waals surface area contributed by atoms with Crippen molar-refractivity contribution in [2.24, 2.45) is 17.4 Å². The van der Waals surface area contributed by atoms with Crippen molar-refractivity contribution in [1.82, 2.24) is 0 Å². The van der Waals surface area contributed by atoms with Gasteiger partial charge < -0.3 is 20.9 Å². The van der Waals surface area contributed by atoms with Crippen LogP contribution >= 0.6 is 0 Å². The molecular formula is C14H20N2O3. The molecule has 0 aromatic heterocycles. The Balaban J connectivity index is 2.01. The van der Waals surface area contributed by atoms with Crippen LogP contribution in [0.3, 0.4) is 0 Å². The van der Waals surface area contributed by atoms with E-state index in [4.69, 9.17) is 20.9 Å². The van der Waals surface area contributed by atoms with E-state index in [9.17, 15) is 4.79 Å². The molecule has 104 valence electrons. The fourth-order valence-corrected chi connectivity index (χ4v) is 2.08. The molecule has 0 heterocycles. The number of methoxy groups -OCH3 is 1. The summed E-state index contributed by atoms with van der Waals surface area (Å²) in [4.78, 5) is 11.5. The Kier molecular flexibility index (Phi) is 4.07. The number of amides is 1. The number of ether oxygens (including phenoxy) is 2. The third-order valence-electron chi connectivity index (χ3n) is 3.45. The van der Waals surface area contributed by atoms with Gasteiger partial charge in [-0.2, -0.15) is 0 Å². The number of carbonyl (C=O) groups is 1. The predicted molar refractivity (Wildman–Crippen MR) is 71.5 cm³/mol. The van der Waals surface area contributed by atoms with Crippen LogP contribution in [0.5, 0.6) is 5.75 Å². The van der Waals surface area contributed by atoms with Crippen molar-refractivity contribution in [1.29, 1.82) is 0 Å². The first-order valence-corrected chi connectivity index (χ1v) is 6.35. The van der Waals surface area contributed by atoms with Crippen LogP contribution < -0.4 is 16.2 Å². The molecule has 1 fully saturated rings. The first-order valence-electron chi connectivity index (χ1n) is 6.35. The maximum Gasteiger partial charge on any atom is 0.241 e. The van der Waals surface area contributed by atoms with E-state index in [1.807, 2.05) is 24.3 Å². The number of carbonyl (C=O) groups excluding carboxylic acids is 1. The normalized spacial score (nSPS) is 17.8. The largest absolute Gasteiger partial charge is 0.491 e. The molecule has 0 bridgehead atoms. The van der Waals surface area contributed by atoms with Gasteiger partial charge in [0.1, 0.15) is 17.9 Å². The third kappa shape index (κ3) is 3.24. The molecule has 19 heavy (non-hydrogen) atoms. The van der Waals surface area contributed by atoms with E-state index in [-0.39, 0.29) is 12.5 Å². The van der Waals surface area contributed by atoms with Crippen LogP contribution in [0.2, 0.25) is 0 Å². The van der Waals surface area contributed by atoms with Gasteiger partial charge in [-0.25, -0.2) is 0 Å². The molecule has 0 radical (unpaired) electrons. The van der Waals surface area contributed by atoms with Crippen molar-refractivity contribution in [2.45, 2.75) is 25.0 Å². The average Bonchev–Trinajstić information content (AvgIpc) is 3.21.